The van der Waals surface area contributed by atoms with Crippen molar-refractivity contribution in [3.8, 4) is 86.6 Å². The number of nitrogens with zero attached hydrogens (tertiary/aromatic N) is 15. The van der Waals surface area contributed by atoms with E-state index in [-0.39, 0.29) is 126 Å². The van der Waals surface area contributed by atoms with E-state index in [4.69, 9.17) is 68.7 Å². The van der Waals surface area contributed by atoms with Crippen LogP contribution in [0.5, 0.6) is 0 Å². The molecule has 0 atom stereocenters. The number of hydrogen-bond donors (Lipinski definition) is 0. The third-order valence-electron chi connectivity index (χ3n) is 24.9. The summed E-state index contributed by atoms with van der Waals surface area (Å²) in [5.41, 5.74) is 8.61. The number of rotatable bonds is 10. The largest absolute Gasteiger partial charge is 0.437 e. The number of benzene rings is 5. The van der Waals surface area contributed by atoms with Crippen LogP contribution in [-0.4, -0.2) is 24.9 Å². The maximum Gasteiger partial charge on any atom is 0.228 e. The molecule has 20 rings (SSSR count). The van der Waals surface area contributed by atoms with Gasteiger partial charge in [0, 0.05) is 197 Å². The molecule has 0 unspecified atom stereocenters. The van der Waals surface area contributed by atoms with E-state index < -0.39 is 123 Å². The van der Waals surface area contributed by atoms with Gasteiger partial charge in [-0.3, -0.25) is 0 Å². The van der Waals surface area contributed by atoms with Crippen molar-refractivity contribution in [1.29, 1.82) is 26.3 Å². The second kappa shape index (κ2) is 38.9. The minimum Gasteiger partial charge on any atom is -0.437 e. The standard InChI is InChI=1S/3C25H26N3O.2C24H24N3O/c1-15-7-9-19-20-10-8-18(14-26)27-24(20)29-23(19)22(15)21-12-17(13-25(3,4)5)11-16(2)28(21)6;1-15-7-8-19-20-10-18(13-26)14-27-24(20)29-23(19)22(15)21-11-17(12-25(3,4)5)9-16(2)28(21)6;1-15-7-8-19-22-18(14-26)9-10-27-24(22)29-23(19)21(15)20-12-17(13-25(3,4)5)11-16(2)28(20)6;1-13(2)20-11-21(27(6)16(5)15(20)4)22-14(3)7-9-18-19-10-8-17(12-25)26-24(19)28-23(18)22;1-13(2)19-10-21(27(6)16(5)15(19)4)22-14(3)7-8-18-20-9-17(11-25)12-26-24(20)28-23(18)22/h7-12H,13H2,1-6H3;7-11,14H,12H2,1-6H3;7-12H,13H2,1-6H3;7-11,13H,1-6H3;7-10,12-13H,1-6H3/q5*+1/i11D,12D,13D2;9D,11D,12D2;11D,12D,13D2;1D3,2D3,4D3,11D,13D;1D3,2D3,4D3,10D,13D. The highest BCUT2D eigenvalue weighted by atomic mass is 16.4. The van der Waals surface area contributed by atoms with E-state index in [1.807, 2.05) is 75.4 Å². The molecule has 0 aliphatic carbocycles. The molecular weight excluding hydrogens is 1770 g/mol. The lowest BCUT2D eigenvalue weighted by Crippen LogP contribution is -2.36. The van der Waals surface area contributed by atoms with E-state index in [2.05, 4.69) is 37.1 Å². The van der Waals surface area contributed by atoms with E-state index in [9.17, 15) is 26.3 Å². The Morgan fingerprint density at radius 3 is 0.972 bits per heavy atom. The van der Waals surface area contributed by atoms with Crippen LogP contribution in [0.15, 0.2) is 192 Å². The molecule has 0 radical (unpaired) electrons. The van der Waals surface area contributed by atoms with Gasteiger partial charge in [0.05, 0.1) is 60.9 Å². The van der Waals surface area contributed by atoms with Gasteiger partial charge in [-0.15, -0.1) is 0 Å². The van der Waals surface area contributed by atoms with Gasteiger partial charge in [0.1, 0.15) is 77.0 Å². The van der Waals surface area contributed by atoms with Gasteiger partial charge >= 0.3 is 0 Å². The first-order valence-electron chi connectivity index (χ1n) is 62.7. The molecule has 718 valence electrons. The van der Waals surface area contributed by atoms with Crippen molar-refractivity contribution in [2.24, 2.45) is 51.5 Å². The van der Waals surface area contributed by atoms with Crippen molar-refractivity contribution >= 4 is 110 Å². The SMILES string of the molecule is [2H]c1c(C([2H])(C([2H])([2H])[2H])C([2H])([2H])[2H])c(C([2H])([2H])[2H])c(C)[n+](C)c1-c1c(C)ccc2c1oc1nc(C#N)ccc12.[2H]c1c(C([2H])(C([2H])([2H])[2H])C([2H])([2H])[2H])c(C([2H])([2H])[2H])c(C)[n+](C)c1-c1c(C)ccc2c1oc1ncc(C#N)cc12.[2H]c1c(C([2H])([2H])C(C)(C)C)c([2H])c(-c2c(C)ccc3c2oc2nc(C#N)ccc23)[n+](C)c1C.[2H]c1c(C([2H])([2H])C(C)(C)C)c([2H])c(-c2c(C)ccc3c2oc2ncc(C#N)cc23)[n+](C)c1C.[2H]c1c(C([2H])([2H])C(C)(C)C)c([2H])c(-c2c(C)ccc3c2oc2nccc(C#N)c23)[n+](C)c1C. The van der Waals surface area contributed by atoms with Gasteiger partial charge in [-0.1, -0.05) is 150 Å². The number of pyridine rings is 10. The van der Waals surface area contributed by atoms with Crippen LogP contribution in [0, 0.1) is 156 Å². The monoisotopic (exact) mass is 1930 g/mol. The third-order valence-corrected chi connectivity index (χ3v) is 24.9. The summed E-state index contributed by atoms with van der Waals surface area (Å²) in [7, 11) is 8.29. The molecule has 20 aromatic rings. The summed E-state index contributed by atoms with van der Waals surface area (Å²) >= 11 is 0. The minimum atomic E-state index is -3.52. The van der Waals surface area contributed by atoms with Crippen LogP contribution in [0.1, 0.15) is 271 Å². The van der Waals surface area contributed by atoms with Crippen LogP contribution < -0.4 is 22.8 Å². The summed E-state index contributed by atoms with van der Waals surface area (Å²) in [4.78, 5) is 21.3. The maximum atomic E-state index is 9.60. The lowest BCUT2D eigenvalue weighted by atomic mass is 9.87. The summed E-state index contributed by atoms with van der Waals surface area (Å²) in [5, 5.41) is 53.2. The van der Waals surface area contributed by atoms with Crippen LogP contribution in [0.4, 0.5) is 0 Å². The topological polar surface area (TPSA) is 268 Å². The molecule has 0 spiro atoms. The van der Waals surface area contributed by atoms with Crippen molar-refractivity contribution < 1.29 is 91.5 Å². The van der Waals surface area contributed by atoms with Gasteiger partial charge in [-0.05, 0) is 194 Å². The number of aryl methyl sites for hydroxylation is 5. The number of fused-ring (bicyclic) bond motifs is 15. The summed E-state index contributed by atoms with van der Waals surface area (Å²) in [5.74, 6) is -6.87. The Hall–Kier alpha value is -16.0. The van der Waals surface area contributed by atoms with Crippen LogP contribution in [0.25, 0.3) is 167 Å². The fraction of sp³-hybridized carbons (Fsp3) is 0.309. The summed E-state index contributed by atoms with van der Waals surface area (Å²) in [6.45, 7) is 13.0. The molecule has 0 bridgehead atoms. The first kappa shape index (κ1) is 65.1. The van der Waals surface area contributed by atoms with Crippen molar-refractivity contribution in [3.63, 3.8) is 0 Å². The van der Waals surface area contributed by atoms with Gasteiger partial charge < -0.3 is 22.1 Å². The number of hydrogen-bond acceptors (Lipinski definition) is 15. The molecule has 20 heteroatoms. The van der Waals surface area contributed by atoms with E-state index in [0.717, 1.165) is 32.8 Å². The van der Waals surface area contributed by atoms with Crippen molar-refractivity contribution in [1.82, 2.24) is 24.9 Å². The highest BCUT2D eigenvalue weighted by Gasteiger charge is 2.33. The van der Waals surface area contributed by atoms with Crippen molar-refractivity contribution in [2.45, 2.75) is 204 Å². The number of furan rings is 5. The Kier molecular flexibility index (Phi) is 17.7. The lowest BCUT2D eigenvalue weighted by Gasteiger charge is -2.18. The molecule has 0 saturated heterocycles. The van der Waals surface area contributed by atoms with Crippen LogP contribution in [-0.2, 0) is 54.4 Å². The van der Waals surface area contributed by atoms with Crippen LogP contribution >= 0.6 is 0 Å². The second-order valence-corrected chi connectivity index (χ2v) is 38.5. The first-order valence-corrected chi connectivity index (χ1v) is 45.7. The second-order valence-electron chi connectivity index (χ2n) is 38.5. The third kappa shape index (κ3) is 19.4. The zero-order valence-electron chi connectivity index (χ0n) is 118. The lowest BCUT2D eigenvalue weighted by molar-refractivity contribution is -0.667. The summed E-state index contributed by atoms with van der Waals surface area (Å²) in [6, 6.07) is 38.7. The molecule has 0 aliphatic heterocycles. The highest BCUT2D eigenvalue weighted by Crippen LogP contribution is 2.45. The van der Waals surface area contributed by atoms with Gasteiger partial charge in [-0.2, -0.15) is 49.1 Å². The molecule has 0 aliphatic rings. The summed E-state index contributed by atoms with van der Waals surface area (Å²) < 4.78 is 326. The van der Waals surface area contributed by atoms with Crippen LogP contribution in [0.3, 0.4) is 0 Å². The highest BCUT2D eigenvalue weighted by molar-refractivity contribution is 6.14. The van der Waals surface area contributed by atoms with E-state index in [1.54, 1.807) is 192 Å². The smallest absolute Gasteiger partial charge is 0.228 e. The number of aromatic nitrogens is 10. The molecule has 15 heterocycles. The average molecular weight is 1930 g/mol. The molecule has 143 heavy (non-hydrogen) atoms. The predicted molar refractivity (Wildman–Crippen MR) is 569 cm³/mol. The molecule has 0 fully saturated rings. The Balaban J connectivity index is 0.000000153. The van der Waals surface area contributed by atoms with Gasteiger partial charge in [-0.25, -0.2) is 24.9 Å². The Bertz CT molecular complexity index is 10300. The Labute approximate surface area is 884 Å². The Morgan fingerprint density at radius 1 is 0.350 bits per heavy atom. The molecule has 20 nitrogen and oxygen atoms in total. The van der Waals surface area contributed by atoms with Crippen molar-refractivity contribution in [3.05, 3.63) is 293 Å². The minimum absolute atomic E-state index is 0.0223. The fourth-order valence-corrected chi connectivity index (χ4v) is 17.4. The quantitative estimate of drug-likeness (QED) is 0.115. The average Bonchev–Trinajstić information content (AvgIpc) is 1.67. The molecular formula is C123H126N15O5+5. The molecule has 5 aromatic carbocycles. The normalized spacial score (nSPS) is 16.2. The van der Waals surface area contributed by atoms with E-state index in [1.165, 1.54) is 61.7 Å². The number of nitriles is 5. The molecule has 0 amide bonds. The molecule has 0 saturated carbocycles. The van der Waals surface area contributed by atoms with Crippen LogP contribution in [0.2, 0.25) is 0 Å². The van der Waals surface area contributed by atoms with Gasteiger partial charge in [0.25, 0.3) is 0 Å². The fourth-order valence-electron chi connectivity index (χ4n) is 17.4. The van der Waals surface area contributed by atoms with Gasteiger partial charge in [0.15, 0.2) is 56.4 Å². The summed E-state index contributed by atoms with van der Waals surface area (Å²) in [6.07, 6.45) is -1.41. The molecule has 0 N–H and O–H groups in total. The molecule has 15 aromatic heterocycles. The zero-order valence-corrected chi connectivity index (χ0v) is 83.8. The van der Waals surface area contributed by atoms with Gasteiger partial charge in [0.2, 0.25) is 57.0 Å². The Morgan fingerprint density at radius 2 is 0.657 bits per heavy atom. The maximum absolute atomic E-state index is 9.60. The predicted octanol–water partition coefficient (Wildman–Crippen LogP) is 27.4. The zero-order chi connectivity index (χ0) is 132. The van der Waals surface area contributed by atoms with Crippen molar-refractivity contribution in [2.75, 3.05) is 0 Å². The van der Waals surface area contributed by atoms with E-state index in [0.29, 0.717) is 145 Å². The first-order chi connectivity index (χ1) is 81.5. The van der Waals surface area contributed by atoms with E-state index >= 15 is 0 Å².